The highest BCUT2D eigenvalue weighted by Crippen LogP contribution is 2.47. The van der Waals surface area contributed by atoms with Crippen LogP contribution in [0.3, 0.4) is 0 Å². The summed E-state index contributed by atoms with van der Waals surface area (Å²) in [4.78, 5) is 14.0. The molecule has 3 aromatic rings. The van der Waals surface area contributed by atoms with Crippen molar-refractivity contribution in [3.63, 3.8) is 0 Å². The van der Waals surface area contributed by atoms with Crippen molar-refractivity contribution < 1.29 is 17.9 Å². The lowest BCUT2D eigenvalue weighted by atomic mass is 9.69. The Morgan fingerprint density at radius 1 is 0.875 bits per heavy atom. The van der Waals surface area contributed by atoms with Gasteiger partial charge in [0.1, 0.15) is 8.07 Å². The highest BCUT2D eigenvalue weighted by atomic mass is 32.2. The molecule has 0 spiro atoms. The molecule has 1 atom stereocenters. The molecule has 0 unspecified atom stereocenters. The van der Waals surface area contributed by atoms with Crippen LogP contribution in [0.2, 0.25) is 11.1 Å². The second kappa shape index (κ2) is 12.0. The molecule has 1 saturated carbocycles. The number of methoxy groups -OCH3 is 1. The zero-order valence-electron chi connectivity index (χ0n) is 24.4. The zero-order valence-corrected chi connectivity index (χ0v) is 26.3. The number of hydrogen-bond acceptors (Lipinski definition) is 4. The number of nitrogens with one attached hydrogen (secondary N) is 1. The van der Waals surface area contributed by atoms with Gasteiger partial charge in [-0.15, -0.1) is 0 Å². The molecule has 0 amide bonds. The maximum absolute atomic E-state index is 14.0. The Labute approximate surface area is 241 Å². The van der Waals surface area contributed by atoms with Gasteiger partial charge < -0.3 is 4.74 Å². The maximum Gasteiger partial charge on any atom is 0.313 e. The van der Waals surface area contributed by atoms with Gasteiger partial charge in [-0.1, -0.05) is 129 Å². The van der Waals surface area contributed by atoms with Crippen molar-refractivity contribution in [2.24, 2.45) is 5.41 Å². The third-order valence-corrected chi connectivity index (χ3v) is 16.7. The Morgan fingerprint density at radius 2 is 1.38 bits per heavy atom. The summed E-state index contributed by atoms with van der Waals surface area (Å²) >= 11 is 0. The summed E-state index contributed by atoms with van der Waals surface area (Å²) in [5.74, 6) is -0.318. The van der Waals surface area contributed by atoms with Crippen molar-refractivity contribution in [2.45, 2.75) is 81.8 Å². The molecular formula is C33H43NO4SSi. The Morgan fingerprint density at radius 3 is 1.82 bits per heavy atom. The molecule has 3 aromatic carbocycles. The molecule has 0 saturated heterocycles. The third-order valence-electron chi connectivity index (χ3n) is 8.96. The minimum atomic E-state index is -3.92. The molecule has 0 aliphatic heterocycles. The van der Waals surface area contributed by atoms with Crippen molar-refractivity contribution in [3.05, 3.63) is 90.5 Å². The zero-order chi connectivity index (χ0) is 29.0. The van der Waals surface area contributed by atoms with Crippen LogP contribution in [0.4, 0.5) is 0 Å². The normalized spacial score (nSPS) is 16.7. The molecule has 0 radical (unpaired) electrons. The van der Waals surface area contributed by atoms with Crippen LogP contribution in [0.15, 0.2) is 89.8 Å². The summed E-state index contributed by atoms with van der Waals surface area (Å²) in [6, 6.07) is 27.8. The molecule has 0 bridgehead atoms. The standard InChI is InChI=1S/C33H43NO4SSi/c1-26-19-21-27(22-20-26)39(36,37)34-30(33(31(35)38-5)23-13-8-14-24-33)25-40(32(2,3)4,28-15-9-6-10-16-28)29-17-11-7-12-18-29/h6-7,9-12,15-22,30,34H,8,13-14,23-25H2,1-5H3/t30-/m0/s1. The van der Waals surface area contributed by atoms with Crippen LogP contribution in [-0.2, 0) is 19.6 Å². The quantitative estimate of drug-likeness (QED) is 0.257. The molecular weight excluding hydrogens is 535 g/mol. The average Bonchev–Trinajstić information content (AvgIpc) is 2.95. The first-order valence-corrected chi connectivity index (χ1v) is 17.9. The van der Waals surface area contributed by atoms with Crippen molar-refractivity contribution >= 4 is 34.4 Å². The van der Waals surface area contributed by atoms with Crippen molar-refractivity contribution in [2.75, 3.05) is 7.11 Å². The fourth-order valence-corrected chi connectivity index (χ4v) is 14.0. The highest BCUT2D eigenvalue weighted by Gasteiger charge is 2.56. The maximum atomic E-state index is 14.0. The lowest BCUT2D eigenvalue weighted by Gasteiger charge is -2.50. The van der Waals surface area contributed by atoms with Crippen molar-refractivity contribution in [1.29, 1.82) is 0 Å². The van der Waals surface area contributed by atoms with Gasteiger partial charge in [0, 0.05) is 6.04 Å². The monoisotopic (exact) mass is 577 g/mol. The van der Waals surface area contributed by atoms with E-state index in [1.54, 1.807) is 12.1 Å². The number of aryl methyl sites for hydroxylation is 1. The van der Waals surface area contributed by atoms with E-state index in [0.717, 1.165) is 24.8 Å². The molecule has 1 aliphatic rings. The van der Waals surface area contributed by atoms with Crippen LogP contribution in [0.25, 0.3) is 0 Å². The number of sulfonamides is 1. The molecule has 1 aliphatic carbocycles. The predicted molar refractivity (Wildman–Crippen MR) is 165 cm³/mol. The lowest BCUT2D eigenvalue weighted by molar-refractivity contribution is -0.156. The number of benzene rings is 3. The van der Waals surface area contributed by atoms with Crippen LogP contribution in [-0.4, -0.2) is 35.6 Å². The van der Waals surface area contributed by atoms with Crippen molar-refractivity contribution in [1.82, 2.24) is 4.72 Å². The van der Waals surface area contributed by atoms with Gasteiger partial charge in [-0.05, 0) is 43.0 Å². The van der Waals surface area contributed by atoms with Crippen molar-refractivity contribution in [3.8, 4) is 0 Å². The Bertz CT molecular complexity index is 1340. The fraction of sp³-hybridized carbons (Fsp3) is 0.424. The topological polar surface area (TPSA) is 72.5 Å². The number of carbonyl (C=O) groups excluding carboxylic acids is 1. The Hall–Kier alpha value is -2.74. The third kappa shape index (κ3) is 5.83. The van der Waals surface area contributed by atoms with E-state index >= 15 is 0 Å². The largest absolute Gasteiger partial charge is 0.469 e. The Balaban J connectivity index is 1.97. The SMILES string of the molecule is COC(=O)C1([C@H](C[Si](c2ccccc2)(c2ccccc2)C(C)(C)C)NS(=O)(=O)c2ccc(C)cc2)CCCCC1. The number of esters is 1. The molecule has 40 heavy (non-hydrogen) atoms. The van der Waals surface area contributed by atoms with E-state index in [0.29, 0.717) is 18.9 Å². The second-order valence-electron chi connectivity index (χ2n) is 12.3. The fourth-order valence-electron chi connectivity index (χ4n) is 6.73. The minimum Gasteiger partial charge on any atom is -0.469 e. The first-order valence-electron chi connectivity index (χ1n) is 14.2. The molecule has 0 heterocycles. The summed E-state index contributed by atoms with van der Waals surface area (Å²) in [5, 5.41) is 2.25. The van der Waals surface area contributed by atoms with E-state index in [1.165, 1.54) is 17.5 Å². The minimum absolute atomic E-state index is 0.199. The van der Waals surface area contributed by atoms with E-state index in [-0.39, 0.29) is 15.9 Å². The summed E-state index contributed by atoms with van der Waals surface area (Å²) in [6.45, 7) is 8.72. The molecule has 4 rings (SSSR count). The predicted octanol–water partition coefficient (Wildman–Crippen LogP) is 5.83. The summed E-state index contributed by atoms with van der Waals surface area (Å²) < 4.78 is 36.6. The molecule has 1 N–H and O–H groups in total. The van der Waals surface area contributed by atoms with Crippen LogP contribution in [0, 0.1) is 12.3 Å². The van der Waals surface area contributed by atoms with Gasteiger partial charge >= 0.3 is 5.97 Å². The van der Waals surface area contributed by atoms with Gasteiger partial charge in [0.15, 0.2) is 0 Å². The highest BCUT2D eigenvalue weighted by molar-refractivity contribution is 7.89. The molecule has 1 fully saturated rings. The number of ether oxygens (including phenoxy) is 1. The van der Waals surface area contributed by atoms with E-state index < -0.39 is 29.6 Å². The first kappa shape index (κ1) is 30.2. The van der Waals surface area contributed by atoms with Gasteiger partial charge in [-0.2, -0.15) is 0 Å². The molecule has 5 nitrogen and oxygen atoms in total. The van der Waals surface area contributed by atoms with Gasteiger partial charge in [-0.3, -0.25) is 4.79 Å². The van der Waals surface area contributed by atoms with Gasteiger partial charge in [-0.25, -0.2) is 13.1 Å². The number of rotatable bonds is 9. The number of carbonyl (C=O) groups is 1. The van der Waals surface area contributed by atoms with Crippen LogP contribution >= 0.6 is 0 Å². The van der Waals surface area contributed by atoms with Crippen LogP contribution < -0.4 is 15.1 Å². The summed E-state index contributed by atoms with van der Waals surface area (Å²) in [6.07, 6.45) is 3.94. The molecule has 214 valence electrons. The van der Waals surface area contributed by atoms with Crippen LogP contribution in [0.5, 0.6) is 0 Å². The summed E-state index contributed by atoms with van der Waals surface area (Å²) in [7, 11) is -5.25. The van der Waals surface area contributed by atoms with Gasteiger partial charge in [0.25, 0.3) is 0 Å². The second-order valence-corrected chi connectivity index (χ2v) is 18.9. The van der Waals surface area contributed by atoms with Crippen LogP contribution in [0.1, 0.15) is 58.4 Å². The lowest BCUT2D eigenvalue weighted by Crippen LogP contribution is -2.68. The number of hydrogen-bond donors (Lipinski definition) is 1. The van der Waals surface area contributed by atoms with E-state index in [9.17, 15) is 13.2 Å². The smallest absolute Gasteiger partial charge is 0.313 e. The van der Waals surface area contributed by atoms with Gasteiger partial charge in [0.05, 0.1) is 17.4 Å². The average molecular weight is 578 g/mol. The van der Waals surface area contributed by atoms with E-state index in [4.69, 9.17) is 4.74 Å². The molecule has 0 aromatic heterocycles. The molecule has 7 heteroatoms. The summed E-state index contributed by atoms with van der Waals surface area (Å²) in [5.41, 5.74) is 0.0406. The Kier molecular flexibility index (Phi) is 9.07. The van der Waals surface area contributed by atoms with E-state index in [2.05, 4.69) is 74.0 Å². The van der Waals surface area contributed by atoms with E-state index in [1.807, 2.05) is 31.2 Å². The van der Waals surface area contributed by atoms with Gasteiger partial charge in [0.2, 0.25) is 10.0 Å². The first-order chi connectivity index (χ1) is 19.0.